The van der Waals surface area contributed by atoms with Gasteiger partial charge in [-0.25, -0.2) is 4.98 Å². The zero-order valence-electron chi connectivity index (χ0n) is 18.1. The van der Waals surface area contributed by atoms with Gasteiger partial charge in [-0.15, -0.1) is 0 Å². The van der Waals surface area contributed by atoms with Crippen LogP contribution in [0.2, 0.25) is 0 Å². The van der Waals surface area contributed by atoms with E-state index >= 15 is 0 Å². The number of likely N-dealkylation sites (tertiary alicyclic amines) is 1. The molecule has 170 valence electrons. The summed E-state index contributed by atoms with van der Waals surface area (Å²) < 4.78 is 1.90. The number of fused-ring (bicyclic) bond motifs is 2. The molecule has 0 unspecified atom stereocenters. The second-order valence-corrected chi connectivity index (χ2v) is 7.91. The highest BCUT2D eigenvalue weighted by molar-refractivity contribution is 6.07. The van der Waals surface area contributed by atoms with Crippen LogP contribution in [0.15, 0.2) is 55.2 Å². The average molecular weight is 448 g/mol. The summed E-state index contributed by atoms with van der Waals surface area (Å²) in [4.78, 5) is 49.7. The minimum Gasteiger partial charge on any atom is -0.483 e. The first-order chi connectivity index (χ1) is 16.0. The molecular formula is C23H24N6O4. The third-order valence-corrected chi connectivity index (χ3v) is 6.22. The van der Waals surface area contributed by atoms with E-state index in [0.717, 1.165) is 16.9 Å². The Labute approximate surface area is 190 Å². The number of aryl methyl sites for hydroxylation is 2. The molecule has 5 rings (SSSR count). The summed E-state index contributed by atoms with van der Waals surface area (Å²) in [6, 6.07) is 7.28. The van der Waals surface area contributed by atoms with Gasteiger partial charge in [0.2, 0.25) is 11.8 Å². The maximum Gasteiger partial charge on any atom is 0.290 e. The van der Waals surface area contributed by atoms with Crippen LogP contribution in [-0.2, 0) is 33.3 Å². The SMILES string of the molecule is Cn1ccnc1[C@@H]1N(C(=O)CCc2cnccn2)CC[C@]12C(=O)Nc1ccccc12.O=CO. The molecule has 4 heterocycles. The van der Waals surface area contributed by atoms with Crippen molar-refractivity contribution in [2.45, 2.75) is 30.7 Å². The first-order valence-corrected chi connectivity index (χ1v) is 10.5. The molecule has 2 amide bonds. The highest BCUT2D eigenvalue weighted by atomic mass is 16.3. The van der Waals surface area contributed by atoms with Gasteiger partial charge in [-0.05, 0) is 24.5 Å². The highest BCUT2D eigenvalue weighted by Gasteiger charge is 2.60. The average Bonchev–Trinajstić information content (AvgIpc) is 3.50. The van der Waals surface area contributed by atoms with Crippen LogP contribution in [0.25, 0.3) is 0 Å². The molecule has 2 atom stereocenters. The van der Waals surface area contributed by atoms with E-state index in [2.05, 4.69) is 20.3 Å². The quantitative estimate of drug-likeness (QED) is 0.581. The number of carboxylic acid groups (broad SMARTS) is 1. The van der Waals surface area contributed by atoms with E-state index in [0.29, 0.717) is 31.6 Å². The molecule has 2 aromatic heterocycles. The first kappa shape index (κ1) is 22.1. The Hall–Kier alpha value is -4.08. The number of nitrogens with one attached hydrogen (secondary N) is 1. The minimum atomic E-state index is -0.835. The molecule has 3 aromatic rings. The molecule has 2 aliphatic rings. The lowest BCUT2D eigenvalue weighted by atomic mass is 9.74. The van der Waals surface area contributed by atoms with E-state index in [1.165, 1.54) is 0 Å². The summed E-state index contributed by atoms with van der Waals surface area (Å²) in [7, 11) is 1.90. The summed E-state index contributed by atoms with van der Waals surface area (Å²) in [6.07, 6.45) is 9.85. The van der Waals surface area contributed by atoms with Gasteiger partial charge in [0.15, 0.2) is 0 Å². The number of anilines is 1. The van der Waals surface area contributed by atoms with Gasteiger partial charge in [0.25, 0.3) is 6.47 Å². The van der Waals surface area contributed by atoms with E-state index in [1.54, 1.807) is 24.8 Å². The highest BCUT2D eigenvalue weighted by Crippen LogP contribution is 2.54. The maximum absolute atomic E-state index is 13.3. The van der Waals surface area contributed by atoms with Crippen LogP contribution in [-0.4, -0.2) is 54.4 Å². The molecule has 0 bridgehead atoms. The standard InChI is InChI=1S/C22H22N6O2.CH2O2/c1-27-13-11-25-20(27)19-22(16-4-2-3-5-17(16)26-21(22)30)8-12-28(19)18(29)7-6-15-14-23-9-10-24-15;2-1-3/h2-5,9-11,13-14,19H,6-8,12H2,1H3,(H,26,30);1H,(H,2,3)/t19-,22+;/m0./s1. The monoisotopic (exact) mass is 448 g/mol. The van der Waals surface area contributed by atoms with E-state index in [-0.39, 0.29) is 18.3 Å². The third kappa shape index (κ3) is 3.84. The molecule has 1 spiro atoms. The van der Waals surface area contributed by atoms with Gasteiger partial charge in [0.05, 0.1) is 5.69 Å². The molecule has 10 heteroatoms. The number of carbonyl (C=O) groups excluding carboxylic acids is 2. The fourth-order valence-electron chi connectivity index (χ4n) is 4.79. The Morgan fingerprint density at radius 3 is 2.76 bits per heavy atom. The van der Waals surface area contributed by atoms with Gasteiger partial charge in [-0.3, -0.25) is 24.4 Å². The van der Waals surface area contributed by atoms with Gasteiger partial charge in [-0.1, -0.05) is 18.2 Å². The maximum atomic E-state index is 13.3. The molecular weight excluding hydrogens is 424 g/mol. The molecule has 0 radical (unpaired) electrons. The van der Waals surface area contributed by atoms with Gasteiger partial charge in [-0.2, -0.15) is 0 Å². The lowest BCUT2D eigenvalue weighted by Crippen LogP contribution is -2.43. The number of imidazole rings is 1. The van der Waals surface area contributed by atoms with E-state index < -0.39 is 11.5 Å². The van der Waals surface area contributed by atoms with Crippen LogP contribution in [0.4, 0.5) is 5.69 Å². The summed E-state index contributed by atoms with van der Waals surface area (Å²) >= 11 is 0. The Bertz CT molecular complexity index is 1160. The van der Waals surface area contributed by atoms with Crippen molar-refractivity contribution in [1.29, 1.82) is 0 Å². The zero-order valence-corrected chi connectivity index (χ0v) is 18.1. The second kappa shape index (κ2) is 9.19. The normalized spacial score (nSPS) is 20.7. The molecule has 1 saturated heterocycles. The van der Waals surface area contributed by atoms with E-state index in [4.69, 9.17) is 9.90 Å². The van der Waals surface area contributed by atoms with Crippen LogP contribution >= 0.6 is 0 Å². The van der Waals surface area contributed by atoms with Crippen LogP contribution in [0.3, 0.4) is 0 Å². The van der Waals surface area contributed by atoms with Crippen molar-refractivity contribution in [3.8, 4) is 0 Å². The van der Waals surface area contributed by atoms with Crippen molar-refractivity contribution in [3.63, 3.8) is 0 Å². The Morgan fingerprint density at radius 1 is 1.27 bits per heavy atom. The van der Waals surface area contributed by atoms with Crippen molar-refractivity contribution in [1.82, 2.24) is 24.4 Å². The zero-order chi connectivity index (χ0) is 23.4. The van der Waals surface area contributed by atoms with Gasteiger partial charge in [0.1, 0.15) is 17.3 Å². The van der Waals surface area contributed by atoms with Crippen molar-refractivity contribution in [2.24, 2.45) is 7.05 Å². The van der Waals surface area contributed by atoms with Crippen LogP contribution in [0.1, 0.15) is 36.0 Å². The molecule has 1 aromatic carbocycles. The number of rotatable bonds is 4. The lowest BCUT2D eigenvalue weighted by molar-refractivity contribution is -0.133. The number of hydrogen-bond acceptors (Lipinski definition) is 6. The van der Waals surface area contributed by atoms with Crippen molar-refractivity contribution >= 4 is 24.0 Å². The molecule has 0 aliphatic carbocycles. The summed E-state index contributed by atoms with van der Waals surface area (Å²) in [5, 5.41) is 9.92. The lowest BCUT2D eigenvalue weighted by Gasteiger charge is -2.33. The van der Waals surface area contributed by atoms with Crippen LogP contribution < -0.4 is 5.32 Å². The van der Waals surface area contributed by atoms with Gasteiger partial charge >= 0.3 is 0 Å². The molecule has 10 nitrogen and oxygen atoms in total. The number of nitrogens with zero attached hydrogens (tertiary/aromatic N) is 5. The molecule has 2 aliphatic heterocycles. The van der Waals surface area contributed by atoms with Crippen LogP contribution in [0, 0.1) is 0 Å². The number of hydrogen-bond donors (Lipinski definition) is 2. The minimum absolute atomic E-state index is 0.0114. The van der Waals surface area contributed by atoms with Crippen LogP contribution in [0.5, 0.6) is 0 Å². The third-order valence-electron chi connectivity index (χ3n) is 6.22. The molecule has 33 heavy (non-hydrogen) atoms. The number of para-hydroxylation sites is 1. The predicted molar refractivity (Wildman–Crippen MR) is 118 cm³/mol. The Morgan fingerprint density at radius 2 is 2.06 bits per heavy atom. The Balaban J connectivity index is 0.000000821. The smallest absolute Gasteiger partial charge is 0.290 e. The number of benzene rings is 1. The Kier molecular flexibility index (Phi) is 6.16. The van der Waals surface area contributed by atoms with Gasteiger partial charge < -0.3 is 19.9 Å². The van der Waals surface area contributed by atoms with E-state index in [1.807, 2.05) is 47.0 Å². The van der Waals surface area contributed by atoms with Crippen molar-refractivity contribution < 1.29 is 19.5 Å². The number of carbonyl (C=O) groups is 3. The van der Waals surface area contributed by atoms with Gasteiger partial charge in [0, 0.05) is 56.7 Å². The van der Waals surface area contributed by atoms with E-state index in [9.17, 15) is 9.59 Å². The fraction of sp³-hybridized carbons (Fsp3) is 0.304. The summed E-state index contributed by atoms with van der Waals surface area (Å²) in [5.41, 5.74) is 1.69. The number of aromatic nitrogens is 4. The molecule has 1 fully saturated rings. The summed E-state index contributed by atoms with van der Waals surface area (Å²) in [6.45, 7) is 0.249. The predicted octanol–water partition coefficient (Wildman–Crippen LogP) is 1.71. The van der Waals surface area contributed by atoms with Crippen molar-refractivity contribution in [3.05, 3.63) is 72.3 Å². The molecule has 2 N–H and O–H groups in total. The topological polar surface area (TPSA) is 130 Å². The molecule has 0 saturated carbocycles. The van der Waals surface area contributed by atoms with Crippen molar-refractivity contribution in [2.75, 3.05) is 11.9 Å². The largest absolute Gasteiger partial charge is 0.483 e. The number of amides is 2. The fourth-order valence-corrected chi connectivity index (χ4v) is 4.79. The first-order valence-electron chi connectivity index (χ1n) is 10.5. The summed E-state index contributed by atoms with van der Waals surface area (Å²) in [5.74, 6) is 0.635. The second-order valence-electron chi connectivity index (χ2n) is 7.91.